The molecule has 0 bridgehead atoms. The molecule has 0 saturated carbocycles. The van der Waals surface area contributed by atoms with Crippen LogP contribution in [0.2, 0.25) is 0 Å². The third kappa shape index (κ3) is 2.06. The molecule has 0 saturated heterocycles. The molecule has 1 heterocycles. The normalized spacial score (nSPS) is 10.6. The van der Waals surface area contributed by atoms with Crippen LogP contribution >= 0.6 is 15.9 Å². The maximum atomic E-state index is 12.3. The van der Waals surface area contributed by atoms with E-state index in [1.54, 1.807) is 0 Å². The van der Waals surface area contributed by atoms with E-state index in [1.165, 1.54) is 6.92 Å². The molecule has 0 aliphatic rings. The van der Waals surface area contributed by atoms with Gasteiger partial charge in [-0.3, -0.25) is 9.78 Å². The molecule has 1 aromatic rings. The largest absolute Gasteiger partial charge is 0.366 e. The van der Waals surface area contributed by atoms with E-state index < -0.39 is 18.0 Å². The number of nitrogens with two attached hydrogens (primary N) is 1. The lowest BCUT2D eigenvalue weighted by atomic mass is 10.2. The lowest BCUT2D eigenvalue weighted by Gasteiger charge is -2.06. The molecule has 6 heteroatoms. The highest BCUT2D eigenvalue weighted by Crippen LogP contribution is 2.25. The van der Waals surface area contributed by atoms with Gasteiger partial charge in [0.2, 0.25) is 5.91 Å². The number of carbonyl (C=O) groups is 1. The zero-order valence-corrected chi connectivity index (χ0v) is 8.81. The van der Waals surface area contributed by atoms with Crippen LogP contribution in [0.5, 0.6) is 0 Å². The number of rotatable bonds is 2. The summed E-state index contributed by atoms with van der Waals surface area (Å²) in [5, 5.41) is 0. The minimum atomic E-state index is -2.71. The maximum absolute atomic E-state index is 12.3. The molecule has 14 heavy (non-hydrogen) atoms. The Hall–Kier alpha value is -1.04. The molecule has 0 fully saturated rings. The van der Waals surface area contributed by atoms with E-state index in [0.29, 0.717) is 10.2 Å². The van der Waals surface area contributed by atoms with Gasteiger partial charge in [-0.1, -0.05) is 0 Å². The Labute approximate surface area is 87.4 Å². The topological polar surface area (TPSA) is 56.0 Å². The first kappa shape index (κ1) is 11.0. The monoisotopic (exact) mass is 264 g/mol. The predicted octanol–water partition coefficient (Wildman–Crippen LogP) is 2.19. The number of pyridine rings is 1. The van der Waals surface area contributed by atoms with Gasteiger partial charge in [-0.05, 0) is 28.9 Å². The summed E-state index contributed by atoms with van der Waals surface area (Å²) < 4.78 is 24.9. The third-order valence-corrected chi connectivity index (χ3v) is 2.63. The predicted molar refractivity (Wildman–Crippen MR) is 50.1 cm³/mol. The first-order valence-electron chi connectivity index (χ1n) is 3.68. The van der Waals surface area contributed by atoms with Gasteiger partial charge in [-0.2, -0.15) is 0 Å². The summed E-state index contributed by atoms with van der Waals surface area (Å²) in [6.45, 7) is 1.52. The summed E-state index contributed by atoms with van der Waals surface area (Å²) >= 11 is 3.06. The first-order valence-corrected chi connectivity index (χ1v) is 4.47. The number of nitrogens with zero attached hydrogens (tertiary/aromatic N) is 1. The molecule has 0 aliphatic carbocycles. The van der Waals surface area contributed by atoms with Gasteiger partial charge < -0.3 is 5.73 Å². The van der Waals surface area contributed by atoms with Crippen LogP contribution in [-0.4, -0.2) is 10.9 Å². The van der Waals surface area contributed by atoms with Crippen molar-refractivity contribution in [3.8, 4) is 0 Å². The number of carbonyl (C=O) groups excluding carboxylic acids is 1. The van der Waals surface area contributed by atoms with E-state index in [0.717, 1.165) is 6.07 Å². The summed E-state index contributed by atoms with van der Waals surface area (Å²) in [5.41, 5.74) is 4.90. The molecule has 0 unspecified atom stereocenters. The fourth-order valence-electron chi connectivity index (χ4n) is 0.972. The molecule has 1 aromatic heterocycles. The van der Waals surface area contributed by atoms with E-state index >= 15 is 0 Å². The van der Waals surface area contributed by atoms with Crippen molar-refractivity contribution < 1.29 is 13.6 Å². The summed E-state index contributed by atoms with van der Waals surface area (Å²) in [4.78, 5) is 14.5. The van der Waals surface area contributed by atoms with E-state index in [9.17, 15) is 13.6 Å². The number of hydrogen-bond acceptors (Lipinski definition) is 2. The summed E-state index contributed by atoms with van der Waals surface area (Å²) in [5.74, 6) is -0.760. The van der Waals surface area contributed by atoms with Gasteiger partial charge in [-0.25, -0.2) is 8.78 Å². The van der Waals surface area contributed by atoms with Crippen LogP contribution in [0.3, 0.4) is 0 Å². The minimum Gasteiger partial charge on any atom is -0.366 e. The molecule has 1 amide bonds. The summed E-state index contributed by atoms with van der Waals surface area (Å²) in [7, 11) is 0. The van der Waals surface area contributed by atoms with Crippen LogP contribution in [0.4, 0.5) is 8.78 Å². The van der Waals surface area contributed by atoms with Crippen molar-refractivity contribution in [2.24, 2.45) is 5.73 Å². The standard InChI is InChI=1S/C8H7BrF2N2O/c1-3-6(9)4(8(12)14)2-5(13-3)7(10)11/h2,7H,1H3,(H2,12,14). The van der Waals surface area contributed by atoms with Crippen LogP contribution in [0.1, 0.15) is 28.2 Å². The second kappa shape index (κ2) is 4.00. The van der Waals surface area contributed by atoms with E-state index in [-0.39, 0.29) is 5.56 Å². The molecule has 0 aromatic carbocycles. The molecule has 0 atom stereocenters. The number of halogens is 3. The second-order valence-corrected chi connectivity index (χ2v) is 3.45. The first-order chi connectivity index (χ1) is 6.43. The van der Waals surface area contributed by atoms with Gasteiger partial charge in [0.05, 0.1) is 15.7 Å². The average Bonchev–Trinajstić information content (AvgIpc) is 2.08. The van der Waals surface area contributed by atoms with Crippen molar-refractivity contribution in [1.82, 2.24) is 4.98 Å². The molecule has 0 radical (unpaired) electrons. The molecular weight excluding hydrogens is 258 g/mol. The van der Waals surface area contributed by atoms with Crippen molar-refractivity contribution in [3.05, 3.63) is 27.5 Å². The highest BCUT2D eigenvalue weighted by atomic mass is 79.9. The number of hydrogen-bond donors (Lipinski definition) is 1. The Bertz CT molecular complexity index is 382. The van der Waals surface area contributed by atoms with E-state index in [2.05, 4.69) is 20.9 Å². The van der Waals surface area contributed by atoms with E-state index in [4.69, 9.17) is 5.73 Å². The highest BCUT2D eigenvalue weighted by Gasteiger charge is 2.16. The maximum Gasteiger partial charge on any atom is 0.280 e. The van der Waals surface area contributed by atoms with Gasteiger partial charge >= 0.3 is 0 Å². The lowest BCUT2D eigenvalue weighted by Crippen LogP contribution is -2.13. The number of primary amides is 1. The summed E-state index contributed by atoms with van der Waals surface area (Å²) in [6.07, 6.45) is -2.71. The van der Waals surface area contributed by atoms with Crippen molar-refractivity contribution in [2.75, 3.05) is 0 Å². The Morgan fingerprint density at radius 3 is 2.64 bits per heavy atom. The zero-order valence-electron chi connectivity index (χ0n) is 7.22. The lowest BCUT2D eigenvalue weighted by molar-refractivity contribution is 0.0998. The quantitative estimate of drug-likeness (QED) is 0.891. The fraction of sp³-hybridized carbons (Fsp3) is 0.250. The van der Waals surface area contributed by atoms with Crippen LogP contribution in [0, 0.1) is 6.92 Å². The van der Waals surface area contributed by atoms with Crippen molar-refractivity contribution in [2.45, 2.75) is 13.3 Å². The number of aryl methyl sites for hydroxylation is 1. The Morgan fingerprint density at radius 2 is 2.21 bits per heavy atom. The van der Waals surface area contributed by atoms with Crippen LogP contribution in [0.25, 0.3) is 0 Å². The van der Waals surface area contributed by atoms with Crippen LogP contribution in [-0.2, 0) is 0 Å². The molecule has 0 spiro atoms. The number of amides is 1. The number of aromatic nitrogens is 1. The SMILES string of the molecule is Cc1nc(C(F)F)cc(C(N)=O)c1Br. The molecule has 2 N–H and O–H groups in total. The fourth-order valence-corrected chi connectivity index (χ4v) is 1.37. The van der Waals surface area contributed by atoms with Gasteiger partial charge in [0.25, 0.3) is 6.43 Å². The molecule has 0 aliphatic heterocycles. The smallest absolute Gasteiger partial charge is 0.280 e. The molecular formula is C8H7BrF2N2O. The molecule has 76 valence electrons. The summed E-state index contributed by atoms with van der Waals surface area (Å²) in [6, 6.07) is 0.990. The van der Waals surface area contributed by atoms with Crippen molar-refractivity contribution in [1.29, 1.82) is 0 Å². The Balaban J connectivity index is 3.35. The second-order valence-electron chi connectivity index (χ2n) is 2.66. The number of alkyl halides is 2. The van der Waals surface area contributed by atoms with E-state index in [1.807, 2.05) is 0 Å². The van der Waals surface area contributed by atoms with Crippen LogP contribution in [0.15, 0.2) is 10.5 Å². The zero-order chi connectivity index (χ0) is 10.9. The van der Waals surface area contributed by atoms with Crippen molar-refractivity contribution >= 4 is 21.8 Å². The van der Waals surface area contributed by atoms with Gasteiger partial charge in [0, 0.05) is 0 Å². The Morgan fingerprint density at radius 1 is 1.64 bits per heavy atom. The molecule has 1 rings (SSSR count). The Kier molecular flexibility index (Phi) is 3.15. The minimum absolute atomic E-state index is 0.0211. The van der Waals surface area contributed by atoms with Gasteiger partial charge in [0.1, 0.15) is 5.69 Å². The van der Waals surface area contributed by atoms with Crippen molar-refractivity contribution in [3.63, 3.8) is 0 Å². The van der Waals surface area contributed by atoms with Gasteiger partial charge in [0.15, 0.2) is 0 Å². The third-order valence-electron chi connectivity index (χ3n) is 1.63. The highest BCUT2D eigenvalue weighted by molar-refractivity contribution is 9.10. The average molecular weight is 265 g/mol. The van der Waals surface area contributed by atoms with Gasteiger partial charge in [-0.15, -0.1) is 0 Å². The molecule has 3 nitrogen and oxygen atoms in total. The van der Waals surface area contributed by atoms with Crippen LogP contribution < -0.4 is 5.73 Å².